The van der Waals surface area contributed by atoms with Crippen LogP contribution < -0.4 is 5.32 Å². The van der Waals surface area contributed by atoms with E-state index in [0.29, 0.717) is 12.4 Å². The van der Waals surface area contributed by atoms with Crippen LogP contribution >= 0.6 is 0 Å². The highest BCUT2D eigenvalue weighted by Crippen LogP contribution is 2.13. The number of carbonyl (C=O) groups excluding carboxylic acids is 1. The molecule has 82 valence electrons. The van der Waals surface area contributed by atoms with Gasteiger partial charge in [-0.3, -0.25) is 0 Å². The maximum atomic E-state index is 11.6. The number of esters is 1. The third-order valence-corrected chi connectivity index (χ3v) is 1.89. The molecule has 0 bridgehead atoms. The molecule has 1 rings (SSSR count). The number of hydrogen-bond donors (Lipinski definition) is 1. The van der Waals surface area contributed by atoms with Gasteiger partial charge in [0.15, 0.2) is 0 Å². The standard InChI is InChI=1S/C11H16N2O2/c1-4-15-10(14)11(2,3)13-9-7-5-6-8-12-9/h5-8H,4H2,1-3H3,(H,12,13). The van der Waals surface area contributed by atoms with Gasteiger partial charge < -0.3 is 10.1 Å². The van der Waals surface area contributed by atoms with Crippen molar-refractivity contribution in [1.29, 1.82) is 0 Å². The summed E-state index contributed by atoms with van der Waals surface area (Å²) in [5.74, 6) is 0.381. The lowest BCUT2D eigenvalue weighted by atomic mass is 10.1. The van der Waals surface area contributed by atoms with Crippen LogP contribution in [0.1, 0.15) is 20.8 Å². The normalized spacial score (nSPS) is 10.9. The van der Waals surface area contributed by atoms with Crippen LogP contribution in [-0.4, -0.2) is 23.1 Å². The fourth-order valence-electron chi connectivity index (χ4n) is 1.12. The molecule has 1 heterocycles. The minimum absolute atomic E-state index is 0.282. The van der Waals surface area contributed by atoms with Crippen LogP contribution in [0, 0.1) is 0 Å². The second-order valence-electron chi connectivity index (χ2n) is 3.69. The van der Waals surface area contributed by atoms with Gasteiger partial charge in [-0.15, -0.1) is 0 Å². The molecular formula is C11H16N2O2. The molecule has 0 amide bonds. The van der Waals surface area contributed by atoms with Gasteiger partial charge in [0.2, 0.25) is 0 Å². The number of rotatable bonds is 4. The van der Waals surface area contributed by atoms with Crippen molar-refractivity contribution in [1.82, 2.24) is 4.98 Å². The first-order valence-electron chi connectivity index (χ1n) is 4.92. The summed E-state index contributed by atoms with van der Waals surface area (Å²) in [6.45, 7) is 5.69. The van der Waals surface area contributed by atoms with Gasteiger partial charge in [0.25, 0.3) is 0 Å². The molecule has 0 aliphatic heterocycles. The molecule has 0 unspecified atom stereocenters. The highest BCUT2D eigenvalue weighted by atomic mass is 16.5. The van der Waals surface area contributed by atoms with Crippen LogP contribution in [0.4, 0.5) is 5.82 Å². The Hall–Kier alpha value is -1.58. The number of aromatic nitrogens is 1. The molecule has 0 aromatic carbocycles. The fourth-order valence-corrected chi connectivity index (χ4v) is 1.12. The Morgan fingerprint density at radius 2 is 2.27 bits per heavy atom. The monoisotopic (exact) mass is 208 g/mol. The number of ether oxygens (including phenoxy) is 1. The zero-order chi connectivity index (χ0) is 11.3. The molecule has 4 nitrogen and oxygen atoms in total. The van der Waals surface area contributed by atoms with Crippen molar-refractivity contribution in [3.63, 3.8) is 0 Å². The lowest BCUT2D eigenvalue weighted by Gasteiger charge is -2.24. The Morgan fingerprint density at radius 3 is 2.80 bits per heavy atom. The highest BCUT2D eigenvalue weighted by Gasteiger charge is 2.29. The van der Waals surface area contributed by atoms with Crippen molar-refractivity contribution in [2.24, 2.45) is 0 Å². The van der Waals surface area contributed by atoms with Gasteiger partial charge in [-0.2, -0.15) is 0 Å². The van der Waals surface area contributed by atoms with Gasteiger partial charge in [0.05, 0.1) is 6.61 Å². The zero-order valence-electron chi connectivity index (χ0n) is 9.28. The topological polar surface area (TPSA) is 51.2 Å². The molecule has 0 radical (unpaired) electrons. The molecule has 15 heavy (non-hydrogen) atoms. The molecule has 0 saturated carbocycles. The van der Waals surface area contributed by atoms with Gasteiger partial charge in [-0.05, 0) is 32.9 Å². The molecule has 0 atom stereocenters. The fraction of sp³-hybridized carbons (Fsp3) is 0.455. The predicted octanol–water partition coefficient (Wildman–Crippen LogP) is 1.84. The minimum atomic E-state index is -0.760. The van der Waals surface area contributed by atoms with Crippen molar-refractivity contribution < 1.29 is 9.53 Å². The predicted molar refractivity (Wildman–Crippen MR) is 58.6 cm³/mol. The summed E-state index contributed by atoms with van der Waals surface area (Å²) in [5, 5.41) is 3.02. The second kappa shape index (κ2) is 4.77. The van der Waals surface area contributed by atoms with Gasteiger partial charge in [0.1, 0.15) is 11.4 Å². The van der Waals surface area contributed by atoms with Crippen LogP contribution in [0.5, 0.6) is 0 Å². The van der Waals surface area contributed by atoms with Crippen molar-refractivity contribution >= 4 is 11.8 Å². The van der Waals surface area contributed by atoms with Crippen LogP contribution in [-0.2, 0) is 9.53 Å². The summed E-state index contributed by atoms with van der Waals surface area (Å²) in [7, 11) is 0. The largest absolute Gasteiger partial charge is 0.464 e. The van der Waals surface area contributed by atoms with E-state index >= 15 is 0 Å². The van der Waals surface area contributed by atoms with E-state index in [-0.39, 0.29) is 5.97 Å². The third kappa shape index (κ3) is 3.23. The van der Waals surface area contributed by atoms with E-state index in [1.807, 2.05) is 12.1 Å². The van der Waals surface area contributed by atoms with E-state index in [4.69, 9.17) is 4.74 Å². The Balaban J connectivity index is 2.68. The SMILES string of the molecule is CCOC(=O)C(C)(C)Nc1ccccn1. The molecule has 0 spiro atoms. The molecule has 1 N–H and O–H groups in total. The molecule has 1 aromatic rings. The number of anilines is 1. The zero-order valence-corrected chi connectivity index (χ0v) is 9.28. The average Bonchev–Trinajstić information content (AvgIpc) is 2.19. The Bertz CT molecular complexity index is 323. The number of carbonyl (C=O) groups is 1. The van der Waals surface area contributed by atoms with E-state index in [1.54, 1.807) is 33.0 Å². The summed E-state index contributed by atoms with van der Waals surface area (Å²) in [6, 6.07) is 5.49. The van der Waals surface area contributed by atoms with E-state index in [1.165, 1.54) is 0 Å². The number of nitrogens with one attached hydrogen (secondary N) is 1. The molecule has 1 aromatic heterocycles. The van der Waals surface area contributed by atoms with Gasteiger partial charge >= 0.3 is 5.97 Å². The lowest BCUT2D eigenvalue weighted by molar-refractivity contribution is -0.147. The van der Waals surface area contributed by atoms with Gasteiger partial charge in [-0.1, -0.05) is 6.07 Å². The first-order chi connectivity index (χ1) is 7.06. The van der Waals surface area contributed by atoms with Crippen LogP contribution in [0.15, 0.2) is 24.4 Å². The maximum Gasteiger partial charge on any atom is 0.331 e. The molecular weight excluding hydrogens is 192 g/mol. The van der Waals surface area contributed by atoms with E-state index in [9.17, 15) is 4.79 Å². The number of pyridine rings is 1. The van der Waals surface area contributed by atoms with E-state index < -0.39 is 5.54 Å². The Kier molecular flexibility index (Phi) is 3.66. The quantitative estimate of drug-likeness (QED) is 0.767. The maximum absolute atomic E-state index is 11.6. The van der Waals surface area contributed by atoms with Crippen LogP contribution in [0.25, 0.3) is 0 Å². The molecule has 0 aliphatic carbocycles. The summed E-state index contributed by atoms with van der Waals surface area (Å²) in [6.07, 6.45) is 1.67. The van der Waals surface area contributed by atoms with E-state index in [2.05, 4.69) is 10.3 Å². The highest BCUT2D eigenvalue weighted by molar-refractivity contribution is 5.83. The summed E-state index contributed by atoms with van der Waals surface area (Å²) < 4.78 is 4.95. The van der Waals surface area contributed by atoms with Crippen molar-refractivity contribution in [3.8, 4) is 0 Å². The number of hydrogen-bond acceptors (Lipinski definition) is 4. The molecule has 4 heteroatoms. The third-order valence-electron chi connectivity index (χ3n) is 1.89. The molecule has 0 fully saturated rings. The van der Waals surface area contributed by atoms with E-state index in [0.717, 1.165) is 0 Å². The second-order valence-corrected chi connectivity index (χ2v) is 3.69. The Labute approximate surface area is 89.7 Å². The lowest BCUT2D eigenvalue weighted by Crippen LogP contribution is -2.41. The van der Waals surface area contributed by atoms with Crippen LogP contribution in [0.2, 0.25) is 0 Å². The van der Waals surface area contributed by atoms with Gasteiger partial charge in [-0.25, -0.2) is 9.78 Å². The number of nitrogens with zero attached hydrogens (tertiary/aromatic N) is 1. The first kappa shape index (κ1) is 11.5. The minimum Gasteiger partial charge on any atom is -0.464 e. The summed E-state index contributed by atoms with van der Waals surface area (Å²) in [5.41, 5.74) is -0.760. The molecule has 0 aliphatic rings. The van der Waals surface area contributed by atoms with Crippen molar-refractivity contribution in [2.45, 2.75) is 26.3 Å². The van der Waals surface area contributed by atoms with Crippen molar-refractivity contribution in [3.05, 3.63) is 24.4 Å². The average molecular weight is 208 g/mol. The van der Waals surface area contributed by atoms with Crippen LogP contribution in [0.3, 0.4) is 0 Å². The summed E-state index contributed by atoms with van der Waals surface area (Å²) >= 11 is 0. The first-order valence-corrected chi connectivity index (χ1v) is 4.92. The van der Waals surface area contributed by atoms with Crippen molar-refractivity contribution in [2.75, 3.05) is 11.9 Å². The Morgan fingerprint density at radius 1 is 1.53 bits per heavy atom. The summed E-state index contributed by atoms with van der Waals surface area (Å²) in [4.78, 5) is 15.6. The smallest absolute Gasteiger partial charge is 0.331 e. The molecule has 0 saturated heterocycles. The van der Waals surface area contributed by atoms with Gasteiger partial charge in [0, 0.05) is 6.20 Å².